The summed E-state index contributed by atoms with van der Waals surface area (Å²) in [6.07, 6.45) is 5.26. The van der Waals surface area contributed by atoms with Crippen molar-refractivity contribution in [2.75, 3.05) is 13.1 Å². The number of nitrogens with two attached hydrogens (primary N) is 1. The van der Waals surface area contributed by atoms with E-state index in [1.54, 1.807) is 0 Å². The third-order valence-electron chi connectivity index (χ3n) is 4.18. The second kappa shape index (κ2) is 6.31. The molecule has 1 fully saturated rings. The van der Waals surface area contributed by atoms with Crippen LogP contribution in [0.1, 0.15) is 32.4 Å². The zero-order valence-electron chi connectivity index (χ0n) is 11.7. The average molecular weight is 327 g/mol. The van der Waals surface area contributed by atoms with Gasteiger partial charge in [-0.2, -0.15) is 0 Å². The number of hydrogen-bond acceptors (Lipinski definition) is 4. The van der Waals surface area contributed by atoms with Crippen LogP contribution in [-0.4, -0.2) is 34.6 Å². The lowest BCUT2D eigenvalue weighted by molar-refractivity contribution is 0.106. The highest BCUT2D eigenvalue weighted by Gasteiger charge is 2.36. The molecule has 0 radical (unpaired) electrons. The molecule has 19 heavy (non-hydrogen) atoms. The molecule has 1 atom stereocenters. The predicted molar refractivity (Wildman–Crippen MR) is 81.6 cm³/mol. The normalized spacial score (nSPS) is 18.7. The van der Waals surface area contributed by atoms with Gasteiger partial charge in [0.15, 0.2) is 0 Å². The smallest absolute Gasteiger partial charge is 0.0444 e. The summed E-state index contributed by atoms with van der Waals surface area (Å²) in [5.74, 6) is 5.79. The van der Waals surface area contributed by atoms with Crippen LogP contribution in [0.2, 0.25) is 0 Å². The molecule has 0 saturated carbocycles. The topological polar surface area (TPSA) is 54.2 Å². The van der Waals surface area contributed by atoms with Crippen molar-refractivity contribution in [3.8, 4) is 0 Å². The number of likely N-dealkylation sites (tertiary alicyclic amines) is 1. The maximum Gasteiger partial charge on any atom is 0.0444 e. The van der Waals surface area contributed by atoms with E-state index < -0.39 is 0 Å². The number of rotatable bonds is 5. The lowest BCUT2D eigenvalue weighted by Crippen LogP contribution is -2.59. The summed E-state index contributed by atoms with van der Waals surface area (Å²) in [7, 11) is 0. The summed E-state index contributed by atoms with van der Waals surface area (Å²) >= 11 is 3.41. The Morgan fingerprint density at radius 2 is 2.11 bits per heavy atom. The van der Waals surface area contributed by atoms with E-state index in [4.69, 9.17) is 5.84 Å². The minimum Gasteiger partial charge on any atom is -0.297 e. The van der Waals surface area contributed by atoms with E-state index in [9.17, 15) is 0 Å². The van der Waals surface area contributed by atoms with Gasteiger partial charge in [-0.1, -0.05) is 0 Å². The second-order valence-corrected chi connectivity index (χ2v) is 6.65. The van der Waals surface area contributed by atoms with Gasteiger partial charge in [-0.15, -0.1) is 0 Å². The monoisotopic (exact) mass is 326 g/mol. The molecule has 0 amide bonds. The standard InChI is InChI=1S/C14H23BrN4/c1-14(2,19-7-3-4-8-19)13(18-16)9-12-6-5-11(15)10-17-12/h5-6,10,13,18H,3-4,7-9,16H2,1-2H3. The van der Waals surface area contributed by atoms with E-state index in [2.05, 4.69) is 51.2 Å². The number of hydrazine groups is 1. The van der Waals surface area contributed by atoms with E-state index in [1.165, 1.54) is 25.9 Å². The molecule has 1 aliphatic heterocycles. The maximum absolute atomic E-state index is 5.79. The average Bonchev–Trinajstić information content (AvgIpc) is 2.92. The van der Waals surface area contributed by atoms with Crippen molar-refractivity contribution in [1.82, 2.24) is 15.3 Å². The SMILES string of the molecule is CC(C)(C(Cc1ccc(Br)cn1)NN)N1CCCC1. The molecular weight excluding hydrogens is 304 g/mol. The quantitative estimate of drug-likeness (QED) is 0.642. The molecule has 4 nitrogen and oxygen atoms in total. The lowest BCUT2D eigenvalue weighted by atomic mass is 9.89. The lowest BCUT2D eigenvalue weighted by Gasteiger charge is -2.41. The van der Waals surface area contributed by atoms with Crippen LogP contribution in [-0.2, 0) is 6.42 Å². The molecule has 106 valence electrons. The molecular formula is C14H23BrN4. The van der Waals surface area contributed by atoms with Gasteiger partial charge in [-0.05, 0) is 67.8 Å². The van der Waals surface area contributed by atoms with E-state index in [-0.39, 0.29) is 11.6 Å². The molecule has 3 N–H and O–H groups in total. The highest BCUT2D eigenvalue weighted by molar-refractivity contribution is 9.10. The van der Waals surface area contributed by atoms with Crippen molar-refractivity contribution in [3.05, 3.63) is 28.5 Å². The molecule has 0 aliphatic carbocycles. The molecule has 2 rings (SSSR count). The van der Waals surface area contributed by atoms with Crippen molar-refractivity contribution in [3.63, 3.8) is 0 Å². The Hall–Kier alpha value is -0.490. The zero-order valence-corrected chi connectivity index (χ0v) is 13.3. The molecule has 2 heterocycles. The number of nitrogens with one attached hydrogen (secondary N) is 1. The van der Waals surface area contributed by atoms with Gasteiger partial charge in [0, 0.05) is 34.4 Å². The molecule has 1 unspecified atom stereocenters. The molecule has 1 aromatic rings. The van der Waals surface area contributed by atoms with Crippen LogP contribution < -0.4 is 11.3 Å². The number of halogens is 1. The first-order chi connectivity index (χ1) is 9.04. The number of hydrogen-bond donors (Lipinski definition) is 2. The third-order valence-corrected chi connectivity index (χ3v) is 4.65. The van der Waals surface area contributed by atoms with Gasteiger partial charge >= 0.3 is 0 Å². The first-order valence-electron chi connectivity index (χ1n) is 6.85. The van der Waals surface area contributed by atoms with Gasteiger partial charge in [-0.25, -0.2) is 0 Å². The summed E-state index contributed by atoms with van der Waals surface area (Å²) < 4.78 is 1.01. The van der Waals surface area contributed by atoms with Gasteiger partial charge in [0.2, 0.25) is 0 Å². The van der Waals surface area contributed by atoms with Gasteiger partial charge in [0.1, 0.15) is 0 Å². The molecule has 0 bridgehead atoms. The Kier molecular flexibility index (Phi) is 4.95. The van der Waals surface area contributed by atoms with Crippen molar-refractivity contribution in [2.45, 2.75) is 44.7 Å². The molecule has 1 saturated heterocycles. The number of pyridine rings is 1. The summed E-state index contributed by atoms with van der Waals surface area (Å²) in [6, 6.07) is 4.27. The van der Waals surface area contributed by atoms with E-state index in [1.807, 2.05) is 12.3 Å². The fourth-order valence-corrected chi connectivity index (χ4v) is 3.00. The summed E-state index contributed by atoms with van der Waals surface area (Å²) in [5.41, 5.74) is 4.10. The summed E-state index contributed by atoms with van der Waals surface area (Å²) in [4.78, 5) is 6.97. The third kappa shape index (κ3) is 3.54. The van der Waals surface area contributed by atoms with Crippen LogP contribution in [0.3, 0.4) is 0 Å². The Bertz CT molecular complexity index is 398. The number of nitrogens with zero attached hydrogens (tertiary/aromatic N) is 2. The molecule has 1 aromatic heterocycles. The van der Waals surface area contributed by atoms with Crippen LogP contribution >= 0.6 is 15.9 Å². The van der Waals surface area contributed by atoms with Crippen LogP contribution in [0.15, 0.2) is 22.8 Å². The Balaban J connectivity index is 2.08. The van der Waals surface area contributed by atoms with Crippen molar-refractivity contribution >= 4 is 15.9 Å². The molecule has 1 aliphatic rings. The fraction of sp³-hybridized carbons (Fsp3) is 0.643. The Labute approximate surface area is 123 Å². The Morgan fingerprint density at radius 3 is 2.63 bits per heavy atom. The molecule has 0 spiro atoms. The summed E-state index contributed by atoms with van der Waals surface area (Å²) in [5, 5.41) is 0. The van der Waals surface area contributed by atoms with Gasteiger partial charge in [0.25, 0.3) is 0 Å². The highest BCUT2D eigenvalue weighted by Crippen LogP contribution is 2.25. The first-order valence-corrected chi connectivity index (χ1v) is 7.65. The van der Waals surface area contributed by atoms with Crippen molar-refractivity contribution in [2.24, 2.45) is 5.84 Å². The first kappa shape index (κ1) is 14.9. The highest BCUT2D eigenvalue weighted by atomic mass is 79.9. The van der Waals surface area contributed by atoms with E-state index in [0.29, 0.717) is 0 Å². The summed E-state index contributed by atoms with van der Waals surface area (Å²) in [6.45, 7) is 6.86. The van der Waals surface area contributed by atoms with Gasteiger partial charge < -0.3 is 0 Å². The van der Waals surface area contributed by atoms with Crippen LogP contribution in [0.25, 0.3) is 0 Å². The van der Waals surface area contributed by atoms with Crippen LogP contribution in [0.5, 0.6) is 0 Å². The second-order valence-electron chi connectivity index (χ2n) is 5.74. The van der Waals surface area contributed by atoms with Crippen LogP contribution in [0, 0.1) is 0 Å². The predicted octanol–water partition coefficient (Wildman–Crippen LogP) is 2.09. The van der Waals surface area contributed by atoms with Gasteiger partial charge in [0.05, 0.1) is 0 Å². The minimum absolute atomic E-state index is 0.0417. The van der Waals surface area contributed by atoms with Gasteiger partial charge in [-0.3, -0.25) is 21.2 Å². The zero-order chi connectivity index (χ0) is 13.9. The largest absolute Gasteiger partial charge is 0.297 e. The van der Waals surface area contributed by atoms with E-state index >= 15 is 0 Å². The maximum atomic E-state index is 5.79. The molecule has 5 heteroatoms. The molecule has 0 aromatic carbocycles. The van der Waals surface area contributed by atoms with Crippen LogP contribution in [0.4, 0.5) is 0 Å². The minimum atomic E-state index is 0.0417. The van der Waals surface area contributed by atoms with E-state index in [0.717, 1.165) is 16.6 Å². The number of aromatic nitrogens is 1. The van der Waals surface area contributed by atoms with Crippen molar-refractivity contribution in [1.29, 1.82) is 0 Å². The fourth-order valence-electron chi connectivity index (χ4n) is 2.76. The Morgan fingerprint density at radius 1 is 1.42 bits per heavy atom. The van der Waals surface area contributed by atoms with Crippen molar-refractivity contribution < 1.29 is 0 Å².